The van der Waals surface area contributed by atoms with E-state index in [4.69, 9.17) is 4.74 Å². The summed E-state index contributed by atoms with van der Waals surface area (Å²) in [5.41, 5.74) is 1.22. The van der Waals surface area contributed by atoms with Crippen LogP contribution >= 0.6 is 11.8 Å². The summed E-state index contributed by atoms with van der Waals surface area (Å²) in [5, 5.41) is 10.2. The normalized spacial score (nSPS) is 24.0. The van der Waals surface area contributed by atoms with E-state index < -0.39 is 6.10 Å². The van der Waals surface area contributed by atoms with E-state index in [-0.39, 0.29) is 11.1 Å². The molecule has 16 heavy (non-hydrogen) atoms. The molecule has 0 aliphatic carbocycles. The average molecular weight is 242 g/mol. The Hall–Kier alpha value is -0.740. The van der Waals surface area contributed by atoms with E-state index in [1.807, 2.05) is 6.92 Å². The fraction of sp³-hybridized carbons (Fsp3) is 0.500. The molecule has 0 bridgehead atoms. The summed E-state index contributed by atoms with van der Waals surface area (Å²) < 4.78 is 18.9. The second-order valence-corrected chi connectivity index (χ2v) is 5.07. The number of aliphatic hydroxyl groups excluding tert-OH is 1. The molecule has 1 aliphatic heterocycles. The van der Waals surface area contributed by atoms with Crippen molar-refractivity contribution in [1.29, 1.82) is 0 Å². The number of rotatable bonds is 2. The van der Waals surface area contributed by atoms with Crippen molar-refractivity contribution >= 4 is 11.8 Å². The Labute approximate surface area is 98.8 Å². The van der Waals surface area contributed by atoms with Crippen molar-refractivity contribution < 1.29 is 14.2 Å². The van der Waals surface area contributed by atoms with Gasteiger partial charge in [-0.2, -0.15) is 11.8 Å². The summed E-state index contributed by atoms with van der Waals surface area (Å²) in [6.45, 7) is 2.00. The largest absolute Gasteiger partial charge is 0.496 e. The molecule has 0 saturated carbocycles. The van der Waals surface area contributed by atoms with E-state index >= 15 is 0 Å². The van der Waals surface area contributed by atoms with Crippen molar-refractivity contribution in [2.45, 2.75) is 30.5 Å². The number of aliphatic hydroxyl groups is 1. The number of hydrogen-bond donors (Lipinski definition) is 1. The third kappa shape index (κ3) is 1.80. The maximum Gasteiger partial charge on any atom is 0.129 e. The smallest absolute Gasteiger partial charge is 0.129 e. The molecule has 2 unspecified atom stereocenters. The van der Waals surface area contributed by atoms with Gasteiger partial charge in [-0.25, -0.2) is 4.39 Å². The average Bonchev–Trinajstić information content (AvgIpc) is 2.30. The molecule has 0 fully saturated rings. The molecular weight excluding hydrogens is 227 g/mol. The van der Waals surface area contributed by atoms with E-state index in [0.717, 1.165) is 12.0 Å². The van der Waals surface area contributed by atoms with Crippen LogP contribution in [-0.2, 0) is 5.75 Å². The summed E-state index contributed by atoms with van der Waals surface area (Å²) in [7, 11) is 1.57. The molecule has 4 heteroatoms. The second kappa shape index (κ2) is 4.63. The molecule has 0 aromatic heterocycles. The highest BCUT2D eigenvalue weighted by molar-refractivity contribution is 7.99. The van der Waals surface area contributed by atoms with Gasteiger partial charge in [0, 0.05) is 22.1 Å². The molecule has 2 rings (SSSR count). The molecule has 88 valence electrons. The third-order valence-corrected chi connectivity index (χ3v) is 4.45. The van der Waals surface area contributed by atoms with E-state index in [9.17, 15) is 9.50 Å². The van der Waals surface area contributed by atoms with Gasteiger partial charge in [-0.1, -0.05) is 6.92 Å². The molecule has 1 aromatic rings. The van der Waals surface area contributed by atoms with Crippen LogP contribution in [0.25, 0.3) is 0 Å². The Kier molecular flexibility index (Phi) is 3.40. The van der Waals surface area contributed by atoms with Gasteiger partial charge < -0.3 is 9.84 Å². The van der Waals surface area contributed by atoms with Gasteiger partial charge >= 0.3 is 0 Å². The minimum atomic E-state index is -0.728. The Bertz CT molecular complexity index is 395. The maximum absolute atomic E-state index is 13.7. The quantitative estimate of drug-likeness (QED) is 0.864. The molecule has 0 saturated heterocycles. The fourth-order valence-electron chi connectivity index (χ4n) is 2.08. The van der Waals surface area contributed by atoms with Crippen molar-refractivity contribution in [2.24, 2.45) is 0 Å². The lowest BCUT2D eigenvalue weighted by Crippen LogP contribution is -2.22. The molecule has 0 spiro atoms. The highest BCUT2D eigenvalue weighted by Gasteiger charge is 2.31. The van der Waals surface area contributed by atoms with Crippen LogP contribution in [0.1, 0.15) is 30.6 Å². The van der Waals surface area contributed by atoms with Crippen molar-refractivity contribution in [1.82, 2.24) is 0 Å². The number of ether oxygens (including phenoxy) is 1. The third-order valence-electron chi connectivity index (χ3n) is 2.97. The summed E-state index contributed by atoms with van der Waals surface area (Å²) in [4.78, 5) is 0. The minimum Gasteiger partial charge on any atom is -0.496 e. The van der Waals surface area contributed by atoms with E-state index in [2.05, 4.69) is 0 Å². The Morgan fingerprint density at radius 1 is 1.56 bits per heavy atom. The van der Waals surface area contributed by atoms with Crippen molar-refractivity contribution in [3.8, 4) is 5.75 Å². The number of methoxy groups -OCH3 is 1. The first-order valence-electron chi connectivity index (χ1n) is 5.34. The molecule has 1 N–H and O–H groups in total. The predicted molar refractivity (Wildman–Crippen MR) is 63.3 cm³/mol. The standard InChI is InChI=1S/C12H15FO2S/c1-3-10-12(14)11-7(6-16-10)9(15-2)5-4-8(11)13/h4-5,10,12,14H,3,6H2,1-2H3. The van der Waals surface area contributed by atoms with Gasteiger partial charge in [-0.15, -0.1) is 0 Å². The van der Waals surface area contributed by atoms with Gasteiger partial charge in [-0.3, -0.25) is 0 Å². The SMILES string of the molecule is CCC1SCc2c(OC)ccc(F)c2C1O. The zero-order valence-electron chi connectivity index (χ0n) is 9.37. The Balaban J connectivity index is 2.50. The lowest BCUT2D eigenvalue weighted by atomic mass is 9.97. The second-order valence-electron chi connectivity index (χ2n) is 3.84. The van der Waals surface area contributed by atoms with Crippen LogP contribution in [0.15, 0.2) is 12.1 Å². The summed E-state index contributed by atoms with van der Waals surface area (Å²) >= 11 is 1.66. The molecule has 0 radical (unpaired) electrons. The Morgan fingerprint density at radius 2 is 2.31 bits per heavy atom. The van der Waals surface area contributed by atoms with Gasteiger partial charge in [0.15, 0.2) is 0 Å². The number of benzene rings is 1. The highest BCUT2D eigenvalue weighted by atomic mass is 32.2. The summed E-state index contributed by atoms with van der Waals surface area (Å²) in [5.74, 6) is 1.03. The van der Waals surface area contributed by atoms with E-state index in [1.165, 1.54) is 6.07 Å². The predicted octanol–water partition coefficient (Wildman–Crippen LogP) is 2.89. The zero-order chi connectivity index (χ0) is 11.7. The molecule has 1 aromatic carbocycles. The molecule has 2 atom stereocenters. The Morgan fingerprint density at radius 3 is 2.94 bits per heavy atom. The number of halogens is 1. The highest BCUT2D eigenvalue weighted by Crippen LogP contribution is 2.43. The first-order chi connectivity index (χ1) is 7.69. The van der Waals surface area contributed by atoms with Crippen LogP contribution in [0.5, 0.6) is 5.75 Å². The summed E-state index contributed by atoms with van der Waals surface area (Å²) in [6, 6.07) is 2.98. The number of fused-ring (bicyclic) bond motifs is 1. The number of hydrogen-bond acceptors (Lipinski definition) is 3. The topological polar surface area (TPSA) is 29.5 Å². The van der Waals surface area contributed by atoms with Gasteiger partial charge in [0.25, 0.3) is 0 Å². The van der Waals surface area contributed by atoms with Gasteiger partial charge in [0.1, 0.15) is 11.6 Å². The summed E-state index contributed by atoms with van der Waals surface area (Å²) in [6.07, 6.45) is 0.107. The van der Waals surface area contributed by atoms with Crippen LogP contribution in [-0.4, -0.2) is 17.5 Å². The van der Waals surface area contributed by atoms with Crippen LogP contribution in [0.2, 0.25) is 0 Å². The maximum atomic E-state index is 13.7. The van der Waals surface area contributed by atoms with E-state index in [0.29, 0.717) is 17.1 Å². The van der Waals surface area contributed by atoms with Gasteiger partial charge in [0.05, 0.1) is 13.2 Å². The van der Waals surface area contributed by atoms with Crippen molar-refractivity contribution in [3.63, 3.8) is 0 Å². The lowest BCUT2D eigenvalue weighted by molar-refractivity contribution is 0.164. The van der Waals surface area contributed by atoms with Crippen LogP contribution in [0, 0.1) is 5.82 Å². The minimum absolute atomic E-state index is 0.0779. The van der Waals surface area contributed by atoms with Crippen LogP contribution in [0.4, 0.5) is 4.39 Å². The molecule has 1 heterocycles. The number of thioether (sulfide) groups is 1. The van der Waals surface area contributed by atoms with Crippen molar-refractivity contribution in [3.05, 3.63) is 29.1 Å². The zero-order valence-corrected chi connectivity index (χ0v) is 10.2. The first kappa shape index (κ1) is 11.7. The van der Waals surface area contributed by atoms with Gasteiger partial charge in [-0.05, 0) is 18.6 Å². The monoisotopic (exact) mass is 242 g/mol. The van der Waals surface area contributed by atoms with E-state index in [1.54, 1.807) is 24.9 Å². The molecular formula is C12H15FO2S. The van der Waals surface area contributed by atoms with Crippen LogP contribution in [0.3, 0.4) is 0 Å². The first-order valence-corrected chi connectivity index (χ1v) is 6.38. The lowest BCUT2D eigenvalue weighted by Gasteiger charge is -2.30. The molecule has 2 nitrogen and oxygen atoms in total. The van der Waals surface area contributed by atoms with Crippen molar-refractivity contribution in [2.75, 3.05) is 7.11 Å². The van der Waals surface area contributed by atoms with Crippen LogP contribution < -0.4 is 4.74 Å². The molecule has 1 aliphatic rings. The van der Waals surface area contributed by atoms with Gasteiger partial charge in [0.2, 0.25) is 0 Å². The fourth-order valence-corrected chi connectivity index (χ4v) is 3.32. The molecule has 0 amide bonds.